The number of hydrogen-bond donors (Lipinski definition) is 2. The summed E-state index contributed by atoms with van der Waals surface area (Å²) in [6, 6.07) is 6.57. The number of amides is 1. The zero-order chi connectivity index (χ0) is 15.7. The van der Waals surface area contributed by atoms with E-state index in [9.17, 15) is 9.18 Å². The van der Waals surface area contributed by atoms with Gasteiger partial charge in [-0.1, -0.05) is 0 Å². The summed E-state index contributed by atoms with van der Waals surface area (Å²) in [5.74, 6) is -0.518. The van der Waals surface area contributed by atoms with Gasteiger partial charge in [0.2, 0.25) is 5.91 Å². The first kappa shape index (κ1) is 14.7. The molecule has 5 nitrogen and oxygen atoms in total. The molecule has 6 heteroatoms. The summed E-state index contributed by atoms with van der Waals surface area (Å²) in [6.45, 7) is 5.27. The molecule has 1 unspecified atom stereocenters. The van der Waals surface area contributed by atoms with Gasteiger partial charge >= 0.3 is 0 Å². The fraction of sp³-hybridized carbons (Fsp3) is 0.375. The van der Waals surface area contributed by atoms with Crippen molar-refractivity contribution in [2.45, 2.75) is 20.3 Å². The summed E-state index contributed by atoms with van der Waals surface area (Å²) in [5.41, 5.74) is 2.55. The first-order valence-corrected chi connectivity index (χ1v) is 7.39. The fourth-order valence-corrected chi connectivity index (χ4v) is 2.75. The molecule has 1 aromatic heterocycles. The van der Waals surface area contributed by atoms with Crippen molar-refractivity contribution in [2.24, 2.45) is 5.92 Å². The zero-order valence-corrected chi connectivity index (χ0v) is 12.7. The molecule has 2 N–H and O–H groups in total. The van der Waals surface area contributed by atoms with Crippen LogP contribution in [0.4, 0.5) is 10.1 Å². The molecule has 1 amide bonds. The predicted octanol–water partition coefficient (Wildman–Crippen LogP) is 2.18. The van der Waals surface area contributed by atoms with Gasteiger partial charge < -0.3 is 10.6 Å². The van der Waals surface area contributed by atoms with E-state index in [-0.39, 0.29) is 11.8 Å². The monoisotopic (exact) mass is 302 g/mol. The first-order chi connectivity index (χ1) is 10.5. The van der Waals surface area contributed by atoms with Crippen LogP contribution >= 0.6 is 0 Å². The van der Waals surface area contributed by atoms with Crippen molar-refractivity contribution in [3.05, 3.63) is 41.5 Å². The Kier molecular flexibility index (Phi) is 3.94. The topological polar surface area (TPSA) is 59.0 Å². The number of benzene rings is 1. The van der Waals surface area contributed by atoms with E-state index in [1.807, 2.05) is 19.9 Å². The normalized spacial score (nSPS) is 17.7. The number of hydrogen-bond acceptors (Lipinski definition) is 3. The number of anilines is 1. The first-order valence-electron chi connectivity index (χ1n) is 7.39. The molecule has 1 aliphatic rings. The number of aromatic nitrogens is 2. The maximum Gasteiger partial charge on any atom is 0.228 e. The molecule has 1 saturated heterocycles. The number of carbonyl (C=O) groups excluding carboxylic acids is 1. The van der Waals surface area contributed by atoms with Crippen molar-refractivity contribution in [3.63, 3.8) is 0 Å². The molecular formula is C16H19FN4O. The minimum Gasteiger partial charge on any atom is -0.326 e. The minimum atomic E-state index is -0.409. The Labute approximate surface area is 128 Å². The second kappa shape index (κ2) is 5.88. The van der Waals surface area contributed by atoms with Gasteiger partial charge in [0.05, 0.1) is 11.6 Å². The summed E-state index contributed by atoms with van der Waals surface area (Å²) in [5, 5.41) is 10.2. The maximum atomic E-state index is 14.3. The summed E-state index contributed by atoms with van der Waals surface area (Å²) in [7, 11) is 0. The average Bonchev–Trinajstić information content (AvgIpc) is 3.09. The van der Waals surface area contributed by atoms with Crippen molar-refractivity contribution >= 4 is 11.6 Å². The van der Waals surface area contributed by atoms with E-state index < -0.39 is 5.82 Å². The quantitative estimate of drug-likeness (QED) is 0.913. The van der Waals surface area contributed by atoms with Crippen molar-refractivity contribution in [1.82, 2.24) is 15.1 Å². The van der Waals surface area contributed by atoms with Gasteiger partial charge in [-0.2, -0.15) is 5.10 Å². The van der Waals surface area contributed by atoms with E-state index in [4.69, 9.17) is 0 Å². The van der Waals surface area contributed by atoms with Gasteiger partial charge in [-0.05, 0) is 51.1 Å². The standard InChI is InChI=1S/C16H19FN4O/c1-10-7-11(2)21(20-10)15-4-3-13(8-14(15)17)19-16(22)12-5-6-18-9-12/h3-4,7-8,12,18H,5-6,9H2,1-2H3,(H,19,22). The number of aryl methyl sites for hydroxylation is 2. The van der Waals surface area contributed by atoms with Crippen LogP contribution in [0.25, 0.3) is 5.69 Å². The molecule has 2 aromatic rings. The Morgan fingerprint density at radius 1 is 1.41 bits per heavy atom. The lowest BCUT2D eigenvalue weighted by Gasteiger charge is -2.12. The smallest absolute Gasteiger partial charge is 0.228 e. The lowest BCUT2D eigenvalue weighted by molar-refractivity contribution is -0.119. The number of rotatable bonds is 3. The van der Waals surface area contributed by atoms with Crippen LogP contribution in [0, 0.1) is 25.6 Å². The van der Waals surface area contributed by atoms with E-state index in [0.717, 1.165) is 24.4 Å². The van der Waals surface area contributed by atoms with Gasteiger partial charge in [0.15, 0.2) is 5.82 Å². The van der Waals surface area contributed by atoms with Gasteiger partial charge in [-0.3, -0.25) is 4.79 Å². The van der Waals surface area contributed by atoms with Crippen LogP contribution in [0.15, 0.2) is 24.3 Å². The van der Waals surface area contributed by atoms with Crippen LogP contribution in [0.5, 0.6) is 0 Å². The highest BCUT2D eigenvalue weighted by Crippen LogP contribution is 2.21. The van der Waals surface area contributed by atoms with Crippen LogP contribution in [-0.4, -0.2) is 28.8 Å². The average molecular weight is 302 g/mol. The molecule has 116 valence electrons. The molecule has 1 aromatic carbocycles. The third-order valence-corrected chi connectivity index (χ3v) is 3.88. The van der Waals surface area contributed by atoms with Gasteiger partial charge in [0.1, 0.15) is 5.69 Å². The Morgan fingerprint density at radius 2 is 2.23 bits per heavy atom. The van der Waals surface area contributed by atoms with Crippen molar-refractivity contribution in [1.29, 1.82) is 0 Å². The lowest BCUT2D eigenvalue weighted by atomic mass is 10.1. The summed E-state index contributed by atoms with van der Waals surface area (Å²) in [6.07, 6.45) is 0.818. The number of nitrogens with zero attached hydrogens (tertiary/aromatic N) is 2. The highest BCUT2D eigenvalue weighted by Gasteiger charge is 2.22. The third-order valence-electron chi connectivity index (χ3n) is 3.88. The number of nitrogens with one attached hydrogen (secondary N) is 2. The molecule has 0 aliphatic carbocycles. The molecule has 1 fully saturated rings. The highest BCUT2D eigenvalue weighted by atomic mass is 19.1. The molecular weight excluding hydrogens is 283 g/mol. The number of halogens is 1. The number of carbonyl (C=O) groups is 1. The second-order valence-electron chi connectivity index (χ2n) is 5.68. The molecule has 1 aliphatic heterocycles. The van der Waals surface area contributed by atoms with Crippen LogP contribution < -0.4 is 10.6 Å². The molecule has 0 spiro atoms. The van der Waals surface area contributed by atoms with Crippen LogP contribution in [0.1, 0.15) is 17.8 Å². The van der Waals surface area contributed by atoms with E-state index in [2.05, 4.69) is 15.7 Å². The summed E-state index contributed by atoms with van der Waals surface area (Å²) < 4.78 is 15.9. The van der Waals surface area contributed by atoms with Gasteiger partial charge in [-0.25, -0.2) is 9.07 Å². The lowest BCUT2D eigenvalue weighted by Crippen LogP contribution is -2.24. The third kappa shape index (κ3) is 2.87. The minimum absolute atomic E-state index is 0.0428. The molecule has 22 heavy (non-hydrogen) atoms. The Balaban J connectivity index is 1.80. The second-order valence-corrected chi connectivity index (χ2v) is 5.68. The largest absolute Gasteiger partial charge is 0.326 e. The Hall–Kier alpha value is -2.21. The summed E-state index contributed by atoms with van der Waals surface area (Å²) in [4.78, 5) is 12.0. The molecule has 1 atom stereocenters. The van der Waals surface area contributed by atoms with E-state index in [1.54, 1.807) is 16.8 Å². The highest BCUT2D eigenvalue weighted by molar-refractivity contribution is 5.93. The van der Waals surface area contributed by atoms with Crippen molar-refractivity contribution in [2.75, 3.05) is 18.4 Å². The van der Waals surface area contributed by atoms with E-state index in [1.165, 1.54) is 6.07 Å². The maximum absolute atomic E-state index is 14.3. The van der Waals surface area contributed by atoms with E-state index >= 15 is 0 Å². The predicted molar refractivity (Wildman–Crippen MR) is 82.6 cm³/mol. The fourth-order valence-electron chi connectivity index (χ4n) is 2.75. The SMILES string of the molecule is Cc1cc(C)n(-c2ccc(NC(=O)C3CCNC3)cc2F)n1. The van der Waals surface area contributed by atoms with Crippen LogP contribution in [0.2, 0.25) is 0 Å². The molecule has 3 rings (SSSR count). The molecule has 0 saturated carbocycles. The molecule has 0 radical (unpaired) electrons. The Morgan fingerprint density at radius 3 is 2.82 bits per heavy atom. The van der Waals surface area contributed by atoms with Crippen molar-refractivity contribution < 1.29 is 9.18 Å². The van der Waals surface area contributed by atoms with E-state index in [0.29, 0.717) is 17.9 Å². The van der Waals surface area contributed by atoms with Gasteiger partial charge in [0, 0.05) is 17.9 Å². The Bertz CT molecular complexity index is 704. The summed E-state index contributed by atoms with van der Waals surface area (Å²) >= 11 is 0. The van der Waals surface area contributed by atoms with Crippen LogP contribution in [-0.2, 0) is 4.79 Å². The zero-order valence-electron chi connectivity index (χ0n) is 12.7. The van der Waals surface area contributed by atoms with Gasteiger partial charge in [0.25, 0.3) is 0 Å². The molecule has 2 heterocycles. The van der Waals surface area contributed by atoms with Gasteiger partial charge in [-0.15, -0.1) is 0 Å². The van der Waals surface area contributed by atoms with Crippen LogP contribution in [0.3, 0.4) is 0 Å². The molecule has 0 bridgehead atoms. The van der Waals surface area contributed by atoms with Crippen molar-refractivity contribution in [3.8, 4) is 5.69 Å².